The van der Waals surface area contributed by atoms with E-state index in [9.17, 15) is 4.79 Å². The van der Waals surface area contributed by atoms with E-state index in [0.29, 0.717) is 6.54 Å². The van der Waals surface area contributed by atoms with Gasteiger partial charge in [-0.15, -0.1) is 0 Å². The number of rotatable bonds is 4. The van der Waals surface area contributed by atoms with Crippen LogP contribution < -0.4 is 10.6 Å². The SMILES string of the molecule is Cc1cccc(CCNC(=O)Nc2ccncc2)c1. The Morgan fingerprint density at radius 2 is 2.00 bits per heavy atom. The van der Waals surface area contributed by atoms with Crippen molar-refractivity contribution < 1.29 is 4.79 Å². The molecule has 19 heavy (non-hydrogen) atoms. The van der Waals surface area contributed by atoms with Gasteiger partial charge in [-0.1, -0.05) is 29.8 Å². The minimum Gasteiger partial charge on any atom is -0.338 e. The summed E-state index contributed by atoms with van der Waals surface area (Å²) in [7, 11) is 0. The van der Waals surface area contributed by atoms with Crippen molar-refractivity contribution >= 4 is 11.7 Å². The maximum absolute atomic E-state index is 11.6. The lowest BCUT2D eigenvalue weighted by atomic mass is 10.1. The molecule has 1 aromatic carbocycles. The summed E-state index contributed by atoms with van der Waals surface area (Å²) < 4.78 is 0. The third-order valence-electron chi connectivity index (χ3n) is 2.72. The minimum atomic E-state index is -0.196. The summed E-state index contributed by atoms with van der Waals surface area (Å²) in [5.74, 6) is 0. The summed E-state index contributed by atoms with van der Waals surface area (Å²) >= 11 is 0. The zero-order valence-corrected chi connectivity index (χ0v) is 10.9. The first-order chi connectivity index (χ1) is 9.24. The zero-order valence-electron chi connectivity index (χ0n) is 10.9. The third kappa shape index (κ3) is 4.43. The Labute approximate surface area is 112 Å². The van der Waals surface area contributed by atoms with Crippen LogP contribution in [0.25, 0.3) is 0 Å². The van der Waals surface area contributed by atoms with Gasteiger partial charge in [0.2, 0.25) is 0 Å². The summed E-state index contributed by atoms with van der Waals surface area (Å²) in [6, 6.07) is 11.6. The molecule has 2 rings (SSSR count). The molecule has 0 aliphatic heterocycles. The molecule has 0 spiro atoms. The highest BCUT2D eigenvalue weighted by atomic mass is 16.2. The summed E-state index contributed by atoms with van der Waals surface area (Å²) in [5.41, 5.74) is 3.20. The average molecular weight is 255 g/mol. The number of carbonyl (C=O) groups is 1. The summed E-state index contributed by atoms with van der Waals surface area (Å²) in [6.45, 7) is 2.67. The first-order valence-electron chi connectivity index (χ1n) is 6.24. The molecule has 2 N–H and O–H groups in total. The number of aryl methyl sites for hydroxylation is 1. The van der Waals surface area contributed by atoms with Crippen LogP contribution in [0.2, 0.25) is 0 Å². The molecule has 0 fully saturated rings. The number of nitrogens with zero attached hydrogens (tertiary/aromatic N) is 1. The fourth-order valence-corrected chi connectivity index (χ4v) is 1.80. The van der Waals surface area contributed by atoms with Crippen LogP contribution >= 0.6 is 0 Å². The number of nitrogens with one attached hydrogen (secondary N) is 2. The average Bonchev–Trinajstić information content (AvgIpc) is 2.40. The van der Waals surface area contributed by atoms with Crippen LogP contribution in [0.1, 0.15) is 11.1 Å². The van der Waals surface area contributed by atoms with Crippen molar-refractivity contribution in [2.45, 2.75) is 13.3 Å². The molecular weight excluding hydrogens is 238 g/mol. The second-order valence-electron chi connectivity index (χ2n) is 4.36. The molecule has 1 heterocycles. The van der Waals surface area contributed by atoms with Gasteiger partial charge in [0, 0.05) is 24.6 Å². The highest BCUT2D eigenvalue weighted by molar-refractivity contribution is 5.89. The van der Waals surface area contributed by atoms with Crippen molar-refractivity contribution in [2.24, 2.45) is 0 Å². The number of hydrogen-bond acceptors (Lipinski definition) is 2. The maximum atomic E-state index is 11.6. The van der Waals surface area contributed by atoms with Crippen molar-refractivity contribution in [3.05, 3.63) is 59.9 Å². The van der Waals surface area contributed by atoms with Crippen LogP contribution in [-0.4, -0.2) is 17.6 Å². The predicted octanol–water partition coefficient (Wildman–Crippen LogP) is 2.75. The zero-order chi connectivity index (χ0) is 13.5. The minimum absolute atomic E-state index is 0.196. The van der Waals surface area contributed by atoms with Gasteiger partial charge in [-0.25, -0.2) is 4.79 Å². The van der Waals surface area contributed by atoms with Crippen LogP contribution in [0.3, 0.4) is 0 Å². The summed E-state index contributed by atoms with van der Waals surface area (Å²) in [6.07, 6.45) is 4.11. The predicted molar refractivity (Wildman–Crippen MR) is 76.1 cm³/mol. The first-order valence-corrected chi connectivity index (χ1v) is 6.24. The van der Waals surface area contributed by atoms with Gasteiger partial charge in [0.25, 0.3) is 0 Å². The van der Waals surface area contributed by atoms with Crippen LogP contribution in [0.5, 0.6) is 0 Å². The van der Waals surface area contributed by atoms with Crippen molar-refractivity contribution in [1.29, 1.82) is 0 Å². The number of hydrogen-bond donors (Lipinski definition) is 2. The first kappa shape index (κ1) is 13.1. The molecule has 0 atom stereocenters. The van der Waals surface area contributed by atoms with Gasteiger partial charge in [0.1, 0.15) is 0 Å². The Morgan fingerprint density at radius 1 is 1.21 bits per heavy atom. The van der Waals surface area contributed by atoms with Gasteiger partial charge in [0.15, 0.2) is 0 Å². The fourth-order valence-electron chi connectivity index (χ4n) is 1.80. The molecule has 0 aliphatic rings. The second kappa shape index (κ2) is 6.54. The normalized spacial score (nSPS) is 9.95. The van der Waals surface area contributed by atoms with Gasteiger partial charge < -0.3 is 10.6 Å². The van der Waals surface area contributed by atoms with E-state index in [4.69, 9.17) is 0 Å². The van der Waals surface area contributed by atoms with Gasteiger partial charge in [-0.3, -0.25) is 4.98 Å². The number of aromatic nitrogens is 1. The van der Waals surface area contributed by atoms with E-state index in [1.165, 1.54) is 11.1 Å². The van der Waals surface area contributed by atoms with Crippen LogP contribution in [-0.2, 0) is 6.42 Å². The Bertz CT molecular complexity index is 540. The van der Waals surface area contributed by atoms with Gasteiger partial charge >= 0.3 is 6.03 Å². The lowest BCUT2D eigenvalue weighted by molar-refractivity contribution is 0.252. The largest absolute Gasteiger partial charge is 0.338 e. The molecule has 0 saturated heterocycles. The maximum Gasteiger partial charge on any atom is 0.319 e. The van der Waals surface area contributed by atoms with E-state index >= 15 is 0 Å². The molecule has 2 amide bonds. The Balaban J connectivity index is 1.75. The Morgan fingerprint density at radius 3 is 2.74 bits per heavy atom. The standard InChI is InChI=1S/C15H17N3O/c1-12-3-2-4-13(11-12)5-10-17-15(19)18-14-6-8-16-9-7-14/h2-4,6-9,11H,5,10H2,1H3,(H2,16,17,18,19). The van der Waals surface area contributed by atoms with Crippen molar-refractivity contribution in [3.63, 3.8) is 0 Å². The monoisotopic (exact) mass is 255 g/mol. The van der Waals surface area contributed by atoms with Crippen LogP contribution in [0.15, 0.2) is 48.8 Å². The number of anilines is 1. The fraction of sp³-hybridized carbons (Fsp3) is 0.200. The molecule has 4 heteroatoms. The van der Waals surface area contributed by atoms with Gasteiger partial charge in [-0.2, -0.15) is 0 Å². The smallest absolute Gasteiger partial charge is 0.319 e. The summed E-state index contributed by atoms with van der Waals surface area (Å²) in [4.78, 5) is 15.5. The van der Waals surface area contributed by atoms with Crippen LogP contribution in [0, 0.1) is 6.92 Å². The van der Waals surface area contributed by atoms with Gasteiger partial charge in [-0.05, 0) is 31.0 Å². The lowest BCUT2D eigenvalue weighted by Gasteiger charge is -2.07. The topological polar surface area (TPSA) is 54.0 Å². The molecule has 0 saturated carbocycles. The van der Waals surface area contributed by atoms with Crippen molar-refractivity contribution in [2.75, 3.05) is 11.9 Å². The number of benzene rings is 1. The third-order valence-corrected chi connectivity index (χ3v) is 2.72. The number of carbonyl (C=O) groups excluding carboxylic acids is 1. The van der Waals surface area contributed by atoms with Crippen LogP contribution in [0.4, 0.5) is 10.5 Å². The Hall–Kier alpha value is -2.36. The van der Waals surface area contributed by atoms with Crippen molar-refractivity contribution in [3.8, 4) is 0 Å². The van der Waals surface area contributed by atoms with Gasteiger partial charge in [0.05, 0.1) is 0 Å². The molecule has 0 bridgehead atoms. The van der Waals surface area contributed by atoms with E-state index in [2.05, 4.69) is 40.7 Å². The van der Waals surface area contributed by atoms with E-state index in [1.54, 1.807) is 24.5 Å². The number of urea groups is 1. The number of pyridine rings is 1. The molecule has 0 radical (unpaired) electrons. The highest BCUT2D eigenvalue weighted by Crippen LogP contribution is 2.04. The molecule has 0 aliphatic carbocycles. The quantitative estimate of drug-likeness (QED) is 0.882. The number of amides is 2. The van der Waals surface area contributed by atoms with E-state index in [-0.39, 0.29) is 6.03 Å². The Kier molecular flexibility index (Phi) is 4.50. The molecule has 98 valence electrons. The van der Waals surface area contributed by atoms with E-state index in [0.717, 1.165) is 12.1 Å². The lowest BCUT2D eigenvalue weighted by Crippen LogP contribution is -2.30. The van der Waals surface area contributed by atoms with E-state index < -0.39 is 0 Å². The molecule has 2 aromatic rings. The molecular formula is C15H17N3O. The summed E-state index contributed by atoms with van der Waals surface area (Å²) in [5, 5.41) is 5.58. The van der Waals surface area contributed by atoms with E-state index in [1.807, 2.05) is 6.07 Å². The molecule has 0 unspecified atom stereocenters. The molecule has 4 nitrogen and oxygen atoms in total. The second-order valence-corrected chi connectivity index (χ2v) is 4.36. The highest BCUT2D eigenvalue weighted by Gasteiger charge is 2.00. The van der Waals surface area contributed by atoms with Crippen molar-refractivity contribution in [1.82, 2.24) is 10.3 Å². The molecule has 1 aromatic heterocycles.